The van der Waals surface area contributed by atoms with Crippen LogP contribution < -0.4 is 10.1 Å². The molecular formula is C17H19N7O2S. The Bertz CT molecular complexity index is 964. The van der Waals surface area contributed by atoms with Crippen molar-refractivity contribution in [3.05, 3.63) is 40.7 Å². The van der Waals surface area contributed by atoms with E-state index in [0.29, 0.717) is 16.7 Å². The highest BCUT2D eigenvalue weighted by atomic mass is 32.1. The number of hydrogen-bond acceptors (Lipinski definition) is 8. The van der Waals surface area contributed by atoms with Gasteiger partial charge in [-0.25, -0.2) is 0 Å². The number of methoxy groups -OCH3 is 1. The van der Waals surface area contributed by atoms with Crippen molar-refractivity contribution in [3.63, 3.8) is 0 Å². The number of nitrogens with one attached hydrogen (secondary N) is 1. The van der Waals surface area contributed by atoms with Crippen molar-refractivity contribution < 1.29 is 9.53 Å². The van der Waals surface area contributed by atoms with E-state index in [1.54, 1.807) is 20.1 Å². The van der Waals surface area contributed by atoms with Crippen LogP contribution in [0.15, 0.2) is 24.3 Å². The number of aromatic nitrogens is 6. The molecular weight excluding hydrogens is 366 g/mol. The molecule has 0 aliphatic heterocycles. The van der Waals surface area contributed by atoms with Gasteiger partial charge in [-0.2, -0.15) is 4.68 Å². The Kier molecular flexibility index (Phi) is 5.87. The summed E-state index contributed by atoms with van der Waals surface area (Å²) in [5.74, 6) is 0.793. The Labute approximate surface area is 160 Å². The summed E-state index contributed by atoms with van der Waals surface area (Å²) in [7, 11) is 1.59. The van der Waals surface area contributed by atoms with E-state index in [0.717, 1.165) is 23.4 Å². The molecule has 0 spiro atoms. The summed E-state index contributed by atoms with van der Waals surface area (Å²) in [6.07, 6.45) is 3.48. The summed E-state index contributed by atoms with van der Waals surface area (Å²) < 4.78 is 6.62. The van der Waals surface area contributed by atoms with Crippen molar-refractivity contribution in [2.24, 2.45) is 0 Å². The van der Waals surface area contributed by atoms with Crippen LogP contribution in [0.1, 0.15) is 29.7 Å². The minimum absolute atomic E-state index is 0.262. The molecule has 0 aliphatic carbocycles. The maximum atomic E-state index is 12.9. The van der Waals surface area contributed by atoms with Gasteiger partial charge in [-0.3, -0.25) is 10.1 Å². The number of aryl methyl sites for hydroxylation is 2. The number of carbonyl (C=O) groups is 1. The van der Waals surface area contributed by atoms with E-state index >= 15 is 0 Å². The van der Waals surface area contributed by atoms with Crippen molar-refractivity contribution >= 4 is 34.1 Å². The highest BCUT2D eigenvalue weighted by Crippen LogP contribution is 2.21. The summed E-state index contributed by atoms with van der Waals surface area (Å²) in [5.41, 5.74) is 1.04. The van der Waals surface area contributed by atoms with Crippen LogP contribution in [0.3, 0.4) is 0 Å². The third kappa shape index (κ3) is 4.53. The van der Waals surface area contributed by atoms with Gasteiger partial charge < -0.3 is 4.74 Å². The van der Waals surface area contributed by atoms with Gasteiger partial charge in [0, 0.05) is 6.42 Å². The first kappa shape index (κ1) is 18.6. The first-order chi connectivity index (χ1) is 13.1. The maximum Gasteiger partial charge on any atom is 0.276 e. The second kappa shape index (κ2) is 8.49. The molecule has 0 atom stereocenters. The van der Waals surface area contributed by atoms with Gasteiger partial charge in [0.15, 0.2) is 5.82 Å². The zero-order valence-electron chi connectivity index (χ0n) is 15.2. The molecule has 0 fully saturated rings. The minimum atomic E-state index is -0.382. The standard InChI is InChI=1S/C17H19N7O2S/c1-4-6-15-20-21-17(27-15)18-16(25)14(24-11(2)19-22-23-24)10-12-7-5-8-13(9-12)26-3/h5,7-10H,4,6H2,1-3H3,(H,18,21,25). The van der Waals surface area contributed by atoms with E-state index in [9.17, 15) is 4.79 Å². The van der Waals surface area contributed by atoms with Crippen LogP contribution in [-0.2, 0) is 11.2 Å². The Balaban J connectivity index is 1.92. The van der Waals surface area contributed by atoms with Gasteiger partial charge in [0.1, 0.15) is 16.5 Å². The van der Waals surface area contributed by atoms with Crippen LogP contribution >= 0.6 is 11.3 Å². The lowest BCUT2D eigenvalue weighted by atomic mass is 10.1. The van der Waals surface area contributed by atoms with Gasteiger partial charge in [-0.15, -0.1) is 15.3 Å². The van der Waals surface area contributed by atoms with Crippen molar-refractivity contribution in [3.8, 4) is 5.75 Å². The predicted molar refractivity (Wildman–Crippen MR) is 102 cm³/mol. The zero-order chi connectivity index (χ0) is 19.2. The number of benzene rings is 1. The number of rotatable bonds is 7. The van der Waals surface area contributed by atoms with E-state index in [4.69, 9.17) is 4.74 Å². The molecule has 0 bridgehead atoms. The van der Waals surface area contributed by atoms with Crippen LogP contribution in [0.25, 0.3) is 11.8 Å². The fourth-order valence-electron chi connectivity index (χ4n) is 2.35. The fourth-order valence-corrected chi connectivity index (χ4v) is 3.18. The first-order valence-corrected chi connectivity index (χ1v) is 9.17. The quantitative estimate of drug-likeness (QED) is 0.622. The predicted octanol–water partition coefficient (Wildman–Crippen LogP) is 2.43. The highest BCUT2D eigenvalue weighted by Gasteiger charge is 2.18. The van der Waals surface area contributed by atoms with Gasteiger partial charge in [0.25, 0.3) is 5.91 Å². The average molecular weight is 385 g/mol. The number of anilines is 1. The molecule has 2 heterocycles. The summed E-state index contributed by atoms with van der Waals surface area (Å²) in [4.78, 5) is 12.9. The number of carbonyl (C=O) groups excluding carboxylic acids is 1. The average Bonchev–Trinajstić information content (AvgIpc) is 3.29. The van der Waals surface area contributed by atoms with Crippen LogP contribution in [0.2, 0.25) is 0 Å². The Morgan fingerprint density at radius 1 is 1.33 bits per heavy atom. The monoisotopic (exact) mass is 385 g/mol. The number of tetrazole rings is 1. The molecule has 0 radical (unpaired) electrons. The molecule has 0 aliphatic rings. The number of nitrogens with zero attached hydrogens (tertiary/aromatic N) is 6. The third-order valence-corrected chi connectivity index (χ3v) is 4.53. The van der Waals surface area contributed by atoms with Gasteiger partial charge in [0.2, 0.25) is 5.13 Å². The Morgan fingerprint density at radius 2 is 2.19 bits per heavy atom. The van der Waals surface area contributed by atoms with Crippen molar-refractivity contribution in [1.29, 1.82) is 0 Å². The van der Waals surface area contributed by atoms with Crippen LogP contribution in [0, 0.1) is 6.92 Å². The highest BCUT2D eigenvalue weighted by molar-refractivity contribution is 7.15. The van der Waals surface area contributed by atoms with E-state index in [1.807, 2.05) is 24.3 Å². The van der Waals surface area contributed by atoms with Crippen molar-refractivity contribution in [2.45, 2.75) is 26.7 Å². The zero-order valence-corrected chi connectivity index (χ0v) is 16.0. The van der Waals surface area contributed by atoms with E-state index < -0.39 is 0 Å². The largest absolute Gasteiger partial charge is 0.497 e. The van der Waals surface area contributed by atoms with Gasteiger partial charge >= 0.3 is 0 Å². The molecule has 0 saturated heterocycles. The minimum Gasteiger partial charge on any atom is -0.497 e. The molecule has 0 unspecified atom stereocenters. The topological polar surface area (TPSA) is 108 Å². The molecule has 1 aromatic carbocycles. The Morgan fingerprint density at radius 3 is 2.89 bits per heavy atom. The molecule has 0 saturated carbocycles. The number of hydrogen-bond donors (Lipinski definition) is 1. The summed E-state index contributed by atoms with van der Waals surface area (Å²) in [5, 5.41) is 23.6. The molecule has 3 rings (SSSR count). The molecule has 1 N–H and O–H groups in total. The smallest absolute Gasteiger partial charge is 0.276 e. The first-order valence-electron chi connectivity index (χ1n) is 8.35. The summed E-state index contributed by atoms with van der Waals surface area (Å²) >= 11 is 1.35. The van der Waals surface area contributed by atoms with Crippen LogP contribution in [0.5, 0.6) is 5.75 Å². The van der Waals surface area contributed by atoms with Gasteiger partial charge in [-0.1, -0.05) is 30.4 Å². The SMILES string of the molecule is CCCc1nnc(NC(=O)C(=Cc2cccc(OC)c2)n2nnnc2C)s1. The van der Waals surface area contributed by atoms with Gasteiger partial charge in [-0.05, 0) is 47.5 Å². The van der Waals surface area contributed by atoms with Crippen LogP contribution in [0.4, 0.5) is 5.13 Å². The molecule has 1 amide bonds. The number of amides is 1. The fraction of sp³-hybridized carbons (Fsp3) is 0.294. The normalized spacial score (nSPS) is 11.4. The second-order valence-corrected chi connectivity index (χ2v) is 6.71. The lowest BCUT2D eigenvalue weighted by Crippen LogP contribution is -2.19. The van der Waals surface area contributed by atoms with Crippen molar-refractivity contribution in [1.82, 2.24) is 30.4 Å². The third-order valence-electron chi connectivity index (χ3n) is 3.63. The van der Waals surface area contributed by atoms with Crippen LogP contribution in [-0.4, -0.2) is 43.4 Å². The molecule has 9 nitrogen and oxygen atoms in total. The molecule has 2 aromatic heterocycles. The Hall–Kier alpha value is -3.14. The molecule has 27 heavy (non-hydrogen) atoms. The molecule has 140 valence electrons. The molecule has 3 aromatic rings. The van der Waals surface area contributed by atoms with Crippen molar-refractivity contribution in [2.75, 3.05) is 12.4 Å². The van der Waals surface area contributed by atoms with Gasteiger partial charge in [0.05, 0.1) is 7.11 Å². The van der Waals surface area contributed by atoms with E-state index in [1.165, 1.54) is 16.0 Å². The van der Waals surface area contributed by atoms with E-state index in [-0.39, 0.29) is 11.6 Å². The summed E-state index contributed by atoms with van der Waals surface area (Å²) in [6, 6.07) is 7.35. The lowest BCUT2D eigenvalue weighted by Gasteiger charge is -2.08. The van der Waals surface area contributed by atoms with E-state index in [2.05, 4.69) is 38.0 Å². The number of ether oxygens (including phenoxy) is 1. The maximum absolute atomic E-state index is 12.9. The molecule has 10 heteroatoms. The lowest BCUT2D eigenvalue weighted by molar-refractivity contribution is -0.111. The second-order valence-electron chi connectivity index (χ2n) is 5.65. The summed E-state index contributed by atoms with van der Waals surface area (Å²) in [6.45, 7) is 3.78.